The third-order valence-corrected chi connectivity index (χ3v) is 9.27. The van der Waals surface area contributed by atoms with E-state index in [4.69, 9.17) is 0 Å². The average molecular weight is 314 g/mol. The van der Waals surface area contributed by atoms with Crippen molar-refractivity contribution in [3.63, 3.8) is 0 Å². The van der Waals surface area contributed by atoms with E-state index in [-0.39, 0.29) is 16.9 Å². The first-order chi connectivity index (χ1) is 10.9. The summed E-state index contributed by atoms with van der Waals surface area (Å²) in [5.74, 6) is 2.60. The summed E-state index contributed by atoms with van der Waals surface area (Å²) >= 11 is 0. The maximum Gasteiger partial charge on any atom is 0.155 e. The molecule has 7 atom stereocenters. The molecule has 1 spiro atoms. The Morgan fingerprint density at radius 3 is 2.74 bits per heavy atom. The average Bonchev–Trinajstić information content (AvgIpc) is 2.97. The van der Waals surface area contributed by atoms with Gasteiger partial charge >= 0.3 is 0 Å². The minimum Gasteiger partial charge on any atom is -0.392 e. The highest BCUT2D eigenvalue weighted by molar-refractivity contribution is 5.91. The Kier molecular flexibility index (Phi) is 2.75. The zero-order chi connectivity index (χ0) is 16.0. The molecule has 5 rings (SSSR count). The van der Waals surface area contributed by atoms with Crippen LogP contribution in [-0.2, 0) is 4.79 Å². The number of aliphatic hydroxyl groups excluding tert-OH is 1. The van der Waals surface area contributed by atoms with Gasteiger partial charge in [0.1, 0.15) is 0 Å². The third-order valence-electron chi connectivity index (χ3n) is 9.27. The van der Waals surface area contributed by atoms with E-state index >= 15 is 0 Å². The molecular formula is C21H30O2. The second kappa shape index (κ2) is 4.31. The SMILES string of the molecule is C[C@]12CC[C@@]3(C1)[C@@H]1CCC4=CC(=O)CCC4[C@H]1CC[C@]3(C)[C@H]2O. The van der Waals surface area contributed by atoms with Crippen LogP contribution in [0.1, 0.15) is 71.6 Å². The predicted octanol–water partition coefficient (Wildman–Crippen LogP) is 4.27. The number of aliphatic hydroxyl groups is 1. The number of fused-ring (bicyclic) bond motifs is 4. The van der Waals surface area contributed by atoms with E-state index in [1.807, 2.05) is 6.08 Å². The molecule has 126 valence electrons. The Bertz CT molecular complexity index is 607. The van der Waals surface area contributed by atoms with Gasteiger partial charge in [0.05, 0.1) is 6.10 Å². The first-order valence-corrected chi connectivity index (χ1v) is 9.81. The Hall–Kier alpha value is -0.630. The van der Waals surface area contributed by atoms with Crippen molar-refractivity contribution in [3.8, 4) is 0 Å². The van der Waals surface area contributed by atoms with E-state index in [0.29, 0.717) is 17.1 Å². The molecule has 0 heterocycles. The number of hydrogen-bond donors (Lipinski definition) is 1. The van der Waals surface area contributed by atoms with Gasteiger partial charge in [-0.1, -0.05) is 19.4 Å². The van der Waals surface area contributed by atoms with Crippen LogP contribution in [0.25, 0.3) is 0 Å². The fraction of sp³-hybridized carbons (Fsp3) is 0.857. The molecule has 0 amide bonds. The van der Waals surface area contributed by atoms with Crippen molar-refractivity contribution >= 4 is 5.78 Å². The van der Waals surface area contributed by atoms with Gasteiger partial charge in [-0.25, -0.2) is 0 Å². The van der Waals surface area contributed by atoms with Crippen LogP contribution in [0.5, 0.6) is 0 Å². The quantitative estimate of drug-likeness (QED) is 0.725. The molecule has 0 aromatic carbocycles. The second-order valence-electron chi connectivity index (χ2n) is 9.99. The molecule has 23 heavy (non-hydrogen) atoms. The summed E-state index contributed by atoms with van der Waals surface area (Å²) in [5.41, 5.74) is 2.17. The van der Waals surface area contributed by atoms with Crippen LogP contribution in [0.2, 0.25) is 0 Å². The molecule has 0 aromatic rings. The van der Waals surface area contributed by atoms with E-state index in [0.717, 1.165) is 31.1 Å². The fourth-order valence-electron chi connectivity index (χ4n) is 8.28. The van der Waals surface area contributed by atoms with Crippen LogP contribution < -0.4 is 0 Å². The van der Waals surface area contributed by atoms with Crippen LogP contribution >= 0.6 is 0 Å². The van der Waals surface area contributed by atoms with Crippen LogP contribution in [0.4, 0.5) is 0 Å². The Morgan fingerprint density at radius 2 is 1.91 bits per heavy atom. The van der Waals surface area contributed by atoms with Crippen LogP contribution in [0.3, 0.4) is 0 Å². The van der Waals surface area contributed by atoms with Crippen molar-refractivity contribution in [1.29, 1.82) is 0 Å². The molecule has 0 aromatic heterocycles. The highest BCUT2D eigenvalue weighted by Gasteiger charge is 2.73. The van der Waals surface area contributed by atoms with Crippen molar-refractivity contribution in [1.82, 2.24) is 0 Å². The lowest BCUT2D eigenvalue weighted by atomic mass is 9.44. The maximum atomic E-state index is 11.8. The predicted molar refractivity (Wildman–Crippen MR) is 89.8 cm³/mol. The summed E-state index contributed by atoms with van der Waals surface area (Å²) in [6, 6.07) is 0. The molecule has 4 fully saturated rings. The molecule has 4 saturated carbocycles. The number of hydrogen-bond acceptors (Lipinski definition) is 2. The molecule has 5 aliphatic rings. The monoisotopic (exact) mass is 314 g/mol. The third kappa shape index (κ3) is 1.57. The lowest BCUT2D eigenvalue weighted by molar-refractivity contribution is -0.148. The van der Waals surface area contributed by atoms with E-state index in [2.05, 4.69) is 13.8 Å². The molecule has 2 nitrogen and oxygen atoms in total. The van der Waals surface area contributed by atoms with Crippen molar-refractivity contribution in [2.24, 2.45) is 34.0 Å². The number of ketones is 1. The van der Waals surface area contributed by atoms with Gasteiger partial charge in [-0.2, -0.15) is 0 Å². The van der Waals surface area contributed by atoms with E-state index in [9.17, 15) is 9.90 Å². The molecule has 2 bridgehead atoms. The lowest BCUT2D eigenvalue weighted by Gasteiger charge is -2.61. The first kappa shape index (κ1) is 14.7. The zero-order valence-electron chi connectivity index (χ0n) is 14.6. The number of rotatable bonds is 0. The molecule has 5 aliphatic carbocycles. The van der Waals surface area contributed by atoms with Gasteiger partial charge in [0.15, 0.2) is 5.78 Å². The highest BCUT2D eigenvalue weighted by atomic mass is 16.3. The fourth-order valence-corrected chi connectivity index (χ4v) is 8.28. The molecule has 0 aliphatic heterocycles. The van der Waals surface area contributed by atoms with Gasteiger partial charge in [-0.3, -0.25) is 4.79 Å². The number of carbonyl (C=O) groups is 1. The van der Waals surface area contributed by atoms with Crippen LogP contribution in [0.15, 0.2) is 11.6 Å². The summed E-state index contributed by atoms with van der Waals surface area (Å²) in [6.45, 7) is 4.76. The molecule has 0 radical (unpaired) electrons. The minimum absolute atomic E-state index is 0.102. The van der Waals surface area contributed by atoms with Gasteiger partial charge in [0, 0.05) is 6.42 Å². The molecule has 1 N–H and O–H groups in total. The number of allylic oxidation sites excluding steroid dienone is 1. The summed E-state index contributed by atoms with van der Waals surface area (Å²) in [7, 11) is 0. The molecular weight excluding hydrogens is 284 g/mol. The van der Waals surface area contributed by atoms with Crippen molar-refractivity contribution < 1.29 is 9.90 Å². The van der Waals surface area contributed by atoms with Gasteiger partial charge in [0.2, 0.25) is 0 Å². The summed E-state index contributed by atoms with van der Waals surface area (Å²) in [6.07, 6.45) is 12.4. The van der Waals surface area contributed by atoms with E-state index < -0.39 is 0 Å². The lowest BCUT2D eigenvalue weighted by Crippen LogP contribution is -2.56. The normalized spacial score (nSPS) is 57.5. The maximum absolute atomic E-state index is 11.8. The van der Waals surface area contributed by atoms with E-state index in [1.165, 1.54) is 44.1 Å². The standard InChI is InChI=1S/C21H30O2/c1-19-9-10-21(12-19)17-6-3-13-11-14(22)4-5-15(13)16(17)7-8-20(21,2)18(19)23/h11,15-18,23H,3-10,12H2,1-2H3/t15?,16-,17-,18+,19+,20-,21-/m1/s1. The van der Waals surface area contributed by atoms with Gasteiger partial charge in [0.25, 0.3) is 0 Å². The highest BCUT2D eigenvalue weighted by Crippen LogP contribution is 2.78. The Morgan fingerprint density at radius 1 is 1.09 bits per heavy atom. The van der Waals surface area contributed by atoms with Gasteiger partial charge in [-0.15, -0.1) is 0 Å². The topological polar surface area (TPSA) is 37.3 Å². The largest absolute Gasteiger partial charge is 0.392 e. The van der Waals surface area contributed by atoms with Crippen LogP contribution in [0, 0.1) is 34.0 Å². The van der Waals surface area contributed by atoms with Crippen LogP contribution in [-0.4, -0.2) is 17.0 Å². The summed E-state index contributed by atoms with van der Waals surface area (Å²) in [5, 5.41) is 11.1. The molecule has 0 saturated heterocycles. The summed E-state index contributed by atoms with van der Waals surface area (Å²) < 4.78 is 0. The minimum atomic E-state index is -0.102. The second-order valence-corrected chi connectivity index (χ2v) is 9.99. The van der Waals surface area contributed by atoms with Crippen molar-refractivity contribution in [2.45, 2.75) is 77.7 Å². The zero-order valence-corrected chi connectivity index (χ0v) is 14.6. The smallest absolute Gasteiger partial charge is 0.155 e. The van der Waals surface area contributed by atoms with Crippen molar-refractivity contribution in [3.05, 3.63) is 11.6 Å². The first-order valence-electron chi connectivity index (χ1n) is 9.81. The summed E-state index contributed by atoms with van der Waals surface area (Å²) in [4.78, 5) is 11.8. The van der Waals surface area contributed by atoms with Crippen molar-refractivity contribution in [2.75, 3.05) is 0 Å². The number of carbonyl (C=O) groups excluding carboxylic acids is 1. The van der Waals surface area contributed by atoms with E-state index in [1.54, 1.807) is 0 Å². The van der Waals surface area contributed by atoms with Gasteiger partial charge in [-0.05, 0) is 91.4 Å². The molecule has 1 unspecified atom stereocenters. The van der Waals surface area contributed by atoms with Gasteiger partial charge < -0.3 is 5.11 Å². The Labute approximate surface area is 139 Å². The Balaban J connectivity index is 1.56. The molecule has 2 heteroatoms.